The van der Waals surface area contributed by atoms with E-state index in [0.29, 0.717) is 34.2 Å². The first-order valence-electron chi connectivity index (χ1n) is 11.8. The van der Waals surface area contributed by atoms with Gasteiger partial charge in [0.2, 0.25) is 11.8 Å². The molecule has 0 spiro atoms. The van der Waals surface area contributed by atoms with Crippen LogP contribution in [-0.4, -0.2) is 79.1 Å². The number of nitrogens with one attached hydrogen (secondary N) is 1. The van der Waals surface area contributed by atoms with Gasteiger partial charge in [0.15, 0.2) is 0 Å². The number of benzene rings is 1. The fourth-order valence-corrected chi connectivity index (χ4v) is 4.88. The van der Waals surface area contributed by atoms with E-state index in [2.05, 4.69) is 25.7 Å². The van der Waals surface area contributed by atoms with Crippen LogP contribution in [0.15, 0.2) is 30.5 Å². The van der Waals surface area contributed by atoms with Gasteiger partial charge in [-0.15, -0.1) is 10.2 Å². The van der Waals surface area contributed by atoms with Crippen molar-refractivity contribution < 1.29 is 22.3 Å². The Labute approximate surface area is 203 Å². The number of nitrogens with zero attached hydrogens (tertiary/aromatic N) is 7. The van der Waals surface area contributed by atoms with Crippen LogP contribution in [0, 0.1) is 0 Å². The lowest BCUT2D eigenvalue weighted by Crippen LogP contribution is -2.55. The second-order valence-corrected chi connectivity index (χ2v) is 9.28. The predicted octanol–water partition coefficient (Wildman–Crippen LogP) is 3.70. The van der Waals surface area contributed by atoms with Crippen molar-refractivity contribution in [3.05, 3.63) is 30.5 Å². The average molecular weight is 504 g/mol. The Hall–Kier alpha value is -3.48. The van der Waals surface area contributed by atoms with Crippen LogP contribution >= 0.6 is 0 Å². The molecule has 1 aromatic carbocycles. The second-order valence-electron chi connectivity index (χ2n) is 9.28. The Morgan fingerprint density at radius 3 is 2.75 bits per heavy atom. The summed E-state index contributed by atoms with van der Waals surface area (Å²) in [6, 6.07) is 6.18. The van der Waals surface area contributed by atoms with E-state index in [9.17, 15) is 17.6 Å². The van der Waals surface area contributed by atoms with E-state index in [1.165, 1.54) is 11.6 Å². The van der Waals surface area contributed by atoms with Gasteiger partial charge >= 0.3 is 0 Å². The summed E-state index contributed by atoms with van der Waals surface area (Å²) in [6.45, 7) is -0.242. The maximum Gasteiger partial charge on any atom is 0.280 e. The number of fused-ring (bicyclic) bond motifs is 2. The van der Waals surface area contributed by atoms with E-state index in [1.807, 2.05) is 4.90 Å². The van der Waals surface area contributed by atoms with Crippen molar-refractivity contribution in [1.82, 2.24) is 34.5 Å². The van der Waals surface area contributed by atoms with Gasteiger partial charge < -0.3 is 10.1 Å². The van der Waals surface area contributed by atoms with Gasteiger partial charge in [-0.25, -0.2) is 26.8 Å². The highest BCUT2D eigenvalue weighted by molar-refractivity contribution is 5.89. The third-order valence-electron chi connectivity index (χ3n) is 6.80. The highest BCUT2D eigenvalue weighted by atomic mass is 19.3. The molecule has 0 bridgehead atoms. The number of halogens is 4. The summed E-state index contributed by atoms with van der Waals surface area (Å²) >= 11 is 0. The zero-order valence-corrected chi connectivity index (χ0v) is 19.4. The average Bonchev–Trinajstić information content (AvgIpc) is 3.50. The number of ether oxygens (including phenoxy) is 1. The molecule has 1 N–H and O–H groups in total. The molecule has 3 aromatic heterocycles. The minimum absolute atomic E-state index is 0.0423. The molecule has 0 amide bonds. The minimum atomic E-state index is -2.92. The molecule has 9 nitrogen and oxygen atoms in total. The minimum Gasteiger partial charge on any atom is -0.479 e. The monoisotopic (exact) mass is 504 g/mol. The van der Waals surface area contributed by atoms with Crippen molar-refractivity contribution >= 4 is 22.5 Å². The van der Waals surface area contributed by atoms with Gasteiger partial charge in [-0.05, 0) is 43.0 Å². The van der Waals surface area contributed by atoms with Gasteiger partial charge in [-0.2, -0.15) is 4.98 Å². The number of alkyl halides is 4. The number of aromatic nitrogens is 6. The molecule has 190 valence electrons. The van der Waals surface area contributed by atoms with Crippen molar-refractivity contribution in [3.63, 3.8) is 0 Å². The molecule has 2 fully saturated rings. The van der Waals surface area contributed by atoms with Crippen LogP contribution < -0.4 is 10.1 Å². The van der Waals surface area contributed by atoms with E-state index in [1.54, 1.807) is 30.5 Å². The van der Waals surface area contributed by atoms with Gasteiger partial charge in [0.05, 0.1) is 25.2 Å². The molecule has 6 rings (SSSR count). The smallest absolute Gasteiger partial charge is 0.280 e. The quantitative estimate of drug-likeness (QED) is 0.384. The fourth-order valence-electron chi connectivity index (χ4n) is 4.88. The van der Waals surface area contributed by atoms with E-state index in [0.717, 1.165) is 17.5 Å². The molecule has 1 aliphatic heterocycles. The zero-order valence-electron chi connectivity index (χ0n) is 19.4. The largest absolute Gasteiger partial charge is 0.479 e. The van der Waals surface area contributed by atoms with Crippen molar-refractivity contribution in [2.24, 2.45) is 0 Å². The summed E-state index contributed by atoms with van der Waals surface area (Å²) in [7, 11) is 1.44. The summed E-state index contributed by atoms with van der Waals surface area (Å²) in [6.07, 6.45) is 1.36. The van der Waals surface area contributed by atoms with E-state index in [-0.39, 0.29) is 30.8 Å². The normalized spacial score (nSPS) is 20.4. The predicted molar refractivity (Wildman–Crippen MR) is 124 cm³/mol. The van der Waals surface area contributed by atoms with Crippen LogP contribution in [0.4, 0.5) is 23.5 Å². The molecule has 1 saturated carbocycles. The van der Waals surface area contributed by atoms with Gasteiger partial charge in [0.1, 0.15) is 17.6 Å². The number of likely N-dealkylation sites (tertiary alicyclic amines) is 1. The maximum absolute atomic E-state index is 14.9. The van der Waals surface area contributed by atoms with Crippen LogP contribution in [-0.2, 0) is 6.54 Å². The molecule has 36 heavy (non-hydrogen) atoms. The molecule has 1 saturated heterocycles. The first-order chi connectivity index (χ1) is 17.3. The highest BCUT2D eigenvalue weighted by Gasteiger charge is 2.48. The first kappa shape index (κ1) is 23.0. The molecule has 1 aliphatic carbocycles. The number of rotatable bonds is 7. The summed E-state index contributed by atoms with van der Waals surface area (Å²) in [5, 5.41) is 15.0. The van der Waals surface area contributed by atoms with E-state index < -0.39 is 24.9 Å². The lowest BCUT2D eigenvalue weighted by molar-refractivity contribution is -0.0761. The number of anilines is 1. The summed E-state index contributed by atoms with van der Waals surface area (Å²) < 4.78 is 63.8. The van der Waals surface area contributed by atoms with E-state index >= 15 is 0 Å². The Kier molecular flexibility index (Phi) is 5.47. The van der Waals surface area contributed by atoms with Crippen LogP contribution in [0.2, 0.25) is 0 Å². The van der Waals surface area contributed by atoms with Gasteiger partial charge in [0, 0.05) is 24.3 Å². The van der Waals surface area contributed by atoms with Crippen LogP contribution in [0.3, 0.4) is 0 Å². The lowest BCUT2D eigenvalue weighted by Gasteiger charge is -2.38. The molecule has 4 heterocycles. The topological polar surface area (TPSA) is 85.4 Å². The third-order valence-corrected chi connectivity index (χ3v) is 6.80. The number of methoxy groups -OCH3 is 1. The highest BCUT2D eigenvalue weighted by Crippen LogP contribution is 2.37. The van der Waals surface area contributed by atoms with Gasteiger partial charge in [-0.3, -0.25) is 4.90 Å². The maximum atomic E-state index is 14.9. The van der Waals surface area contributed by atoms with E-state index in [4.69, 9.17) is 4.74 Å². The summed E-state index contributed by atoms with van der Waals surface area (Å²) in [5.41, 5.74) is 2.86. The SMILES string of the molecule is COc1nc(N[C@@H]2CCN(C3CC3)CC2(F)F)nn2ccc(-c3ccc4nnn(CC(F)F)c4c3)c12. The molecular formula is C23H24F4N8O. The number of piperidine rings is 1. The van der Waals surface area contributed by atoms with Crippen LogP contribution in [0.1, 0.15) is 19.3 Å². The summed E-state index contributed by atoms with van der Waals surface area (Å²) in [5.74, 6) is -2.68. The van der Waals surface area contributed by atoms with Crippen LogP contribution in [0.5, 0.6) is 5.88 Å². The van der Waals surface area contributed by atoms with Crippen molar-refractivity contribution in [2.75, 3.05) is 25.5 Å². The standard InChI is InChI=1S/C23H24F4N8O/c1-36-21-20-15(13-2-5-16-17(10-13)35(32-30-16)11-19(24)25)6-9-34(20)31-22(29-21)28-18-7-8-33(14-3-4-14)12-23(18,26)27/h2,5-6,9-10,14,18-19H,3-4,7-8,11-12H2,1H3,(H,28,31)/t18-/m1/s1. The number of hydrogen-bond donors (Lipinski definition) is 1. The van der Waals surface area contributed by atoms with Crippen molar-refractivity contribution in [1.29, 1.82) is 0 Å². The number of hydrogen-bond acceptors (Lipinski definition) is 7. The fraction of sp³-hybridized carbons (Fsp3) is 0.478. The van der Waals surface area contributed by atoms with Crippen molar-refractivity contribution in [3.8, 4) is 17.0 Å². The first-order valence-corrected chi connectivity index (χ1v) is 11.8. The zero-order chi connectivity index (χ0) is 25.0. The second kappa shape index (κ2) is 8.57. The molecule has 0 radical (unpaired) electrons. The molecule has 2 aliphatic rings. The Morgan fingerprint density at radius 2 is 2.03 bits per heavy atom. The molecule has 13 heteroatoms. The molecule has 4 aromatic rings. The van der Waals surface area contributed by atoms with Gasteiger partial charge in [0.25, 0.3) is 12.3 Å². The molecule has 0 unspecified atom stereocenters. The van der Waals surface area contributed by atoms with Gasteiger partial charge in [-0.1, -0.05) is 11.3 Å². The molecule has 1 atom stereocenters. The molecular weight excluding hydrogens is 480 g/mol. The summed E-state index contributed by atoms with van der Waals surface area (Å²) in [4.78, 5) is 6.23. The Bertz CT molecular complexity index is 1420. The van der Waals surface area contributed by atoms with Crippen molar-refractivity contribution in [2.45, 2.75) is 50.2 Å². The lowest BCUT2D eigenvalue weighted by atomic mass is 10.0. The Morgan fingerprint density at radius 1 is 1.19 bits per heavy atom. The Balaban J connectivity index is 1.32. The van der Waals surface area contributed by atoms with Crippen LogP contribution in [0.25, 0.3) is 27.7 Å². The third kappa shape index (κ3) is 4.10.